The number of nitrogens with zero attached hydrogens (tertiary/aromatic N) is 3. The Morgan fingerprint density at radius 1 is 1.38 bits per heavy atom. The lowest BCUT2D eigenvalue weighted by atomic mass is 10.2. The van der Waals surface area contributed by atoms with Crippen LogP contribution in [0.4, 0.5) is 14.7 Å². The van der Waals surface area contributed by atoms with Crippen LogP contribution >= 0.6 is 0 Å². The van der Waals surface area contributed by atoms with E-state index in [1.165, 1.54) is 7.05 Å². The molecule has 0 bridgehead atoms. The molecule has 1 heterocycles. The minimum absolute atomic E-state index is 0.240. The quantitative estimate of drug-likeness (QED) is 0.853. The molecule has 2 rings (SSSR count). The van der Waals surface area contributed by atoms with Crippen LogP contribution in [0.5, 0.6) is 0 Å². The second kappa shape index (κ2) is 5.09. The van der Waals surface area contributed by atoms with E-state index in [-0.39, 0.29) is 5.95 Å². The van der Waals surface area contributed by atoms with E-state index in [1.807, 2.05) is 4.72 Å². The van der Waals surface area contributed by atoms with E-state index in [2.05, 4.69) is 10.1 Å². The van der Waals surface area contributed by atoms with Crippen molar-refractivity contribution in [2.45, 2.75) is 4.90 Å². The van der Waals surface area contributed by atoms with Gasteiger partial charge in [0.1, 0.15) is 11.2 Å². The van der Waals surface area contributed by atoms with Crippen molar-refractivity contribution in [1.29, 1.82) is 0 Å². The normalized spacial score (nSPS) is 11.4. The summed E-state index contributed by atoms with van der Waals surface area (Å²) in [5.74, 6) is -5.11. The van der Waals surface area contributed by atoms with Gasteiger partial charge in [-0.3, -0.25) is 0 Å². The van der Waals surface area contributed by atoms with Gasteiger partial charge in [-0.05, 0) is 12.1 Å². The highest BCUT2D eigenvalue weighted by atomic mass is 32.2. The van der Waals surface area contributed by atoms with E-state index < -0.39 is 38.1 Å². The third kappa shape index (κ3) is 2.81. The molecule has 0 fully saturated rings. The van der Waals surface area contributed by atoms with Gasteiger partial charge in [-0.2, -0.15) is 10.1 Å². The van der Waals surface area contributed by atoms with Crippen molar-refractivity contribution in [3.05, 3.63) is 35.7 Å². The molecule has 0 aliphatic rings. The maximum Gasteiger partial charge on any atom is 0.335 e. The number of aromatic nitrogens is 3. The Morgan fingerprint density at radius 2 is 2.05 bits per heavy atom. The first kappa shape index (κ1) is 14.8. The van der Waals surface area contributed by atoms with Crippen LogP contribution in [0.15, 0.2) is 23.4 Å². The van der Waals surface area contributed by atoms with Crippen molar-refractivity contribution >= 4 is 21.9 Å². The van der Waals surface area contributed by atoms with Gasteiger partial charge in [0.15, 0.2) is 11.6 Å². The van der Waals surface area contributed by atoms with Gasteiger partial charge in [0.05, 0.1) is 5.56 Å². The third-order valence-corrected chi connectivity index (χ3v) is 3.80. The third-order valence-electron chi connectivity index (χ3n) is 2.47. The van der Waals surface area contributed by atoms with E-state index in [0.29, 0.717) is 12.1 Å². The molecule has 0 saturated carbocycles. The molecule has 21 heavy (non-hydrogen) atoms. The van der Waals surface area contributed by atoms with Crippen molar-refractivity contribution in [1.82, 2.24) is 14.8 Å². The number of carbonyl (C=O) groups is 1. The summed E-state index contributed by atoms with van der Waals surface area (Å²) in [6.45, 7) is 0. The number of aromatic carboxylic acids is 1. The first-order valence-corrected chi connectivity index (χ1v) is 6.80. The van der Waals surface area contributed by atoms with E-state index in [4.69, 9.17) is 5.11 Å². The summed E-state index contributed by atoms with van der Waals surface area (Å²) in [5.41, 5.74) is -0.702. The number of hydrogen-bond acceptors (Lipinski definition) is 5. The van der Waals surface area contributed by atoms with Crippen LogP contribution in [0.2, 0.25) is 0 Å². The molecular weight excluding hydrogens is 310 g/mol. The van der Waals surface area contributed by atoms with Gasteiger partial charge in [0.2, 0.25) is 5.95 Å². The van der Waals surface area contributed by atoms with Crippen LogP contribution in [0.1, 0.15) is 10.4 Å². The molecule has 2 N–H and O–H groups in total. The van der Waals surface area contributed by atoms with E-state index in [9.17, 15) is 22.0 Å². The lowest BCUT2D eigenvalue weighted by Gasteiger charge is -2.09. The molecule has 2 aromatic rings. The maximum atomic E-state index is 13.6. The first-order valence-electron chi connectivity index (χ1n) is 5.31. The SMILES string of the molecule is Cn1ncnc1NS(=O)(=O)c1cc(C(=O)O)cc(F)c1F. The fraction of sp³-hybridized carbons (Fsp3) is 0.100. The minimum atomic E-state index is -4.57. The molecule has 0 amide bonds. The van der Waals surface area contributed by atoms with Crippen molar-refractivity contribution in [2.75, 3.05) is 4.72 Å². The Bertz CT molecular complexity index is 818. The molecule has 1 aromatic heterocycles. The van der Waals surface area contributed by atoms with Crippen molar-refractivity contribution in [3.63, 3.8) is 0 Å². The predicted molar refractivity (Wildman–Crippen MR) is 65.1 cm³/mol. The number of aryl methyl sites for hydroxylation is 1. The Balaban J connectivity index is 2.54. The Kier molecular flexibility index (Phi) is 3.60. The minimum Gasteiger partial charge on any atom is -0.478 e. The molecule has 0 radical (unpaired) electrons. The summed E-state index contributed by atoms with van der Waals surface area (Å²) in [6.07, 6.45) is 1.04. The van der Waals surface area contributed by atoms with Gasteiger partial charge in [-0.1, -0.05) is 0 Å². The number of carboxylic acid groups (broad SMARTS) is 1. The van der Waals surface area contributed by atoms with Gasteiger partial charge in [0, 0.05) is 7.05 Å². The predicted octanol–water partition coefficient (Wildman–Crippen LogP) is 0.592. The topological polar surface area (TPSA) is 114 Å². The molecule has 11 heteroatoms. The lowest BCUT2D eigenvalue weighted by Crippen LogP contribution is -2.19. The fourth-order valence-corrected chi connectivity index (χ4v) is 2.60. The largest absolute Gasteiger partial charge is 0.478 e. The summed E-state index contributed by atoms with van der Waals surface area (Å²) < 4.78 is 53.9. The smallest absolute Gasteiger partial charge is 0.335 e. The van der Waals surface area contributed by atoms with Gasteiger partial charge in [-0.25, -0.2) is 31.4 Å². The van der Waals surface area contributed by atoms with Crippen LogP contribution < -0.4 is 4.72 Å². The second-order valence-corrected chi connectivity index (χ2v) is 5.54. The van der Waals surface area contributed by atoms with Crippen LogP contribution in [-0.4, -0.2) is 34.3 Å². The van der Waals surface area contributed by atoms with E-state index in [1.54, 1.807) is 0 Å². The Hall–Kier alpha value is -2.56. The van der Waals surface area contributed by atoms with Gasteiger partial charge >= 0.3 is 5.97 Å². The summed E-state index contributed by atoms with van der Waals surface area (Å²) in [5, 5.41) is 12.4. The zero-order valence-corrected chi connectivity index (χ0v) is 11.2. The molecule has 0 unspecified atom stereocenters. The van der Waals surface area contributed by atoms with Gasteiger partial charge < -0.3 is 5.11 Å². The van der Waals surface area contributed by atoms with Crippen LogP contribution in [0.25, 0.3) is 0 Å². The molecule has 0 spiro atoms. The van der Waals surface area contributed by atoms with Crippen LogP contribution in [0.3, 0.4) is 0 Å². The molecule has 0 aliphatic carbocycles. The first-order chi connectivity index (χ1) is 9.72. The Labute approximate surface area is 117 Å². The van der Waals surface area contributed by atoms with E-state index in [0.717, 1.165) is 11.0 Å². The second-order valence-electron chi connectivity index (χ2n) is 3.89. The zero-order chi connectivity index (χ0) is 15.8. The summed E-state index contributed by atoms with van der Waals surface area (Å²) in [7, 11) is -3.20. The monoisotopic (exact) mass is 318 g/mol. The number of halogens is 2. The molecule has 112 valence electrons. The molecule has 8 nitrogen and oxygen atoms in total. The van der Waals surface area contributed by atoms with Crippen LogP contribution in [-0.2, 0) is 17.1 Å². The number of nitrogens with one attached hydrogen (secondary N) is 1. The molecule has 0 atom stereocenters. The molecule has 0 saturated heterocycles. The Morgan fingerprint density at radius 3 is 2.57 bits per heavy atom. The van der Waals surface area contributed by atoms with Crippen LogP contribution in [0, 0.1) is 11.6 Å². The average Bonchev–Trinajstić information content (AvgIpc) is 2.77. The van der Waals surface area contributed by atoms with Crippen molar-refractivity contribution in [3.8, 4) is 0 Å². The standard InChI is InChI=1S/C10H8F2N4O4S/c1-16-10(13-4-14-16)15-21(19,20)7-3-5(9(17)18)2-6(11)8(7)12/h2-4H,1H3,(H,17,18)(H,13,14,15). The number of hydrogen-bond donors (Lipinski definition) is 2. The zero-order valence-electron chi connectivity index (χ0n) is 10.4. The van der Waals surface area contributed by atoms with Crippen molar-refractivity contribution in [2.24, 2.45) is 7.05 Å². The number of rotatable bonds is 4. The number of sulfonamides is 1. The molecule has 1 aromatic carbocycles. The van der Waals surface area contributed by atoms with E-state index >= 15 is 0 Å². The fourth-order valence-electron chi connectivity index (χ4n) is 1.45. The molecular formula is C10H8F2N4O4S. The maximum absolute atomic E-state index is 13.6. The number of anilines is 1. The van der Waals surface area contributed by atoms with Gasteiger partial charge in [-0.15, -0.1) is 0 Å². The number of benzene rings is 1. The van der Waals surface area contributed by atoms with Crippen molar-refractivity contribution < 1.29 is 27.1 Å². The molecule has 0 aliphatic heterocycles. The summed E-state index contributed by atoms with van der Waals surface area (Å²) in [4.78, 5) is 13.2. The highest BCUT2D eigenvalue weighted by Crippen LogP contribution is 2.22. The summed E-state index contributed by atoms with van der Waals surface area (Å²) in [6, 6.07) is 0.901. The number of carboxylic acids is 1. The highest BCUT2D eigenvalue weighted by Gasteiger charge is 2.26. The summed E-state index contributed by atoms with van der Waals surface area (Å²) >= 11 is 0. The average molecular weight is 318 g/mol. The van der Waals surface area contributed by atoms with Gasteiger partial charge in [0.25, 0.3) is 10.0 Å². The highest BCUT2D eigenvalue weighted by molar-refractivity contribution is 7.92. The lowest BCUT2D eigenvalue weighted by molar-refractivity contribution is 0.0696.